The molecule has 1 fully saturated rings. The van der Waals surface area contributed by atoms with Crippen molar-refractivity contribution in [3.8, 4) is 0 Å². The molecule has 0 amide bonds. The summed E-state index contributed by atoms with van der Waals surface area (Å²) >= 11 is 0. The van der Waals surface area contributed by atoms with E-state index in [1.54, 1.807) is 4.68 Å². The molecule has 0 saturated heterocycles. The lowest BCUT2D eigenvalue weighted by Crippen LogP contribution is -2.29. The van der Waals surface area contributed by atoms with Crippen molar-refractivity contribution in [3.05, 3.63) is 11.9 Å². The molecule has 1 saturated carbocycles. The molecule has 2 rings (SSSR count). The lowest BCUT2D eigenvalue weighted by Gasteiger charge is -2.28. The van der Waals surface area contributed by atoms with Gasteiger partial charge >= 0.3 is 0 Å². The first kappa shape index (κ1) is 13.5. The van der Waals surface area contributed by atoms with Crippen LogP contribution in [0.2, 0.25) is 0 Å². The summed E-state index contributed by atoms with van der Waals surface area (Å²) in [7, 11) is 0. The summed E-state index contributed by atoms with van der Waals surface area (Å²) in [5.74, 6) is 1.66. The molecule has 0 aromatic carbocycles. The van der Waals surface area contributed by atoms with Crippen LogP contribution in [0, 0.1) is 11.8 Å². The molecule has 0 radical (unpaired) electrons. The number of aliphatic hydroxyl groups is 1. The van der Waals surface area contributed by atoms with Crippen molar-refractivity contribution in [1.82, 2.24) is 20.3 Å². The minimum Gasteiger partial charge on any atom is -0.394 e. The van der Waals surface area contributed by atoms with E-state index >= 15 is 0 Å². The van der Waals surface area contributed by atoms with Crippen LogP contribution in [0.25, 0.3) is 0 Å². The van der Waals surface area contributed by atoms with Gasteiger partial charge in [-0.15, -0.1) is 5.10 Å². The minimum atomic E-state index is 0.107. The monoisotopic (exact) mass is 252 g/mol. The van der Waals surface area contributed by atoms with Crippen LogP contribution >= 0.6 is 0 Å². The summed E-state index contributed by atoms with van der Waals surface area (Å²) in [6, 6.07) is 0. The number of rotatable bonds is 6. The number of aromatic nitrogens is 3. The fraction of sp³-hybridized carbons (Fsp3) is 0.846. The molecule has 18 heavy (non-hydrogen) atoms. The van der Waals surface area contributed by atoms with Gasteiger partial charge in [0.25, 0.3) is 0 Å². The van der Waals surface area contributed by atoms with Crippen LogP contribution in [-0.2, 0) is 13.1 Å². The summed E-state index contributed by atoms with van der Waals surface area (Å²) < 4.78 is 1.68. The highest BCUT2D eigenvalue weighted by Gasteiger charge is 2.20. The molecule has 5 heteroatoms. The predicted octanol–water partition coefficient (Wildman–Crippen LogP) is 1.19. The molecule has 0 aliphatic heterocycles. The SMILES string of the molecule is CC1CCCCC1CNCc1cn(CCO)nn1. The van der Waals surface area contributed by atoms with Gasteiger partial charge in [-0.25, -0.2) is 4.68 Å². The maximum atomic E-state index is 8.80. The van der Waals surface area contributed by atoms with E-state index in [1.165, 1.54) is 25.7 Å². The van der Waals surface area contributed by atoms with E-state index in [0.717, 1.165) is 30.6 Å². The first-order chi connectivity index (χ1) is 8.79. The van der Waals surface area contributed by atoms with Gasteiger partial charge in [0.15, 0.2) is 0 Å². The zero-order chi connectivity index (χ0) is 12.8. The van der Waals surface area contributed by atoms with Gasteiger partial charge in [0.1, 0.15) is 0 Å². The highest BCUT2D eigenvalue weighted by molar-refractivity contribution is 4.91. The number of nitrogens with one attached hydrogen (secondary N) is 1. The van der Waals surface area contributed by atoms with E-state index in [2.05, 4.69) is 22.6 Å². The second-order valence-corrected chi connectivity index (χ2v) is 5.35. The van der Waals surface area contributed by atoms with Gasteiger partial charge in [0.2, 0.25) is 0 Å². The Labute approximate surface area is 109 Å². The zero-order valence-corrected chi connectivity index (χ0v) is 11.2. The molecule has 2 N–H and O–H groups in total. The van der Waals surface area contributed by atoms with Gasteiger partial charge in [0.05, 0.1) is 18.8 Å². The standard InChI is InChI=1S/C13H24N4O/c1-11-4-2-3-5-12(11)8-14-9-13-10-17(6-7-18)16-15-13/h10-12,14,18H,2-9H2,1H3. The lowest BCUT2D eigenvalue weighted by molar-refractivity contribution is 0.247. The molecular formula is C13H24N4O. The summed E-state index contributed by atoms with van der Waals surface area (Å²) in [4.78, 5) is 0. The number of hydrogen-bond acceptors (Lipinski definition) is 4. The largest absolute Gasteiger partial charge is 0.394 e. The van der Waals surface area contributed by atoms with Crippen LogP contribution in [0.5, 0.6) is 0 Å². The fourth-order valence-corrected chi connectivity index (χ4v) is 2.71. The Morgan fingerprint density at radius 2 is 2.28 bits per heavy atom. The molecule has 0 bridgehead atoms. The van der Waals surface area contributed by atoms with E-state index in [0.29, 0.717) is 6.54 Å². The summed E-state index contributed by atoms with van der Waals surface area (Å²) in [5, 5.41) is 20.3. The zero-order valence-electron chi connectivity index (χ0n) is 11.2. The third-order valence-corrected chi connectivity index (χ3v) is 3.92. The molecule has 1 aromatic rings. The van der Waals surface area contributed by atoms with Crippen molar-refractivity contribution >= 4 is 0 Å². The van der Waals surface area contributed by atoms with Gasteiger partial charge in [-0.05, 0) is 24.8 Å². The summed E-state index contributed by atoms with van der Waals surface area (Å²) in [5.41, 5.74) is 0.951. The van der Waals surface area contributed by atoms with Gasteiger partial charge < -0.3 is 10.4 Å². The van der Waals surface area contributed by atoms with Crippen molar-refractivity contribution in [2.24, 2.45) is 11.8 Å². The first-order valence-corrected chi connectivity index (χ1v) is 7.00. The third-order valence-electron chi connectivity index (χ3n) is 3.92. The van der Waals surface area contributed by atoms with Gasteiger partial charge in [-0.2, -0.15) is 0 Å². The quantitative estimate of drug-likeness (QED) is 0.798. The smallest absolute Gasteiger partial charge is 0.0964 e. The van der Waals surface area contributed by atoms with Crippen LogP contribution in [0.3, 0.4) is 0 Å². The van der Waals surface area contributed by atoms with E-state index in [-0.39, 0.29) is 6.61 Å². The van der Waals surface area contributed by atoms with Crippen molar-refractivity contribution in [2.45, 2.75) is 45.7 Å². The van der Waals surface area contributed by atoms with Crippen molar-refractivity contribution in [3.63, 3.8) is 0 Å². The Bertz CT molecular complexity index is 353. The molecule has 5 nitrogen and oxygen atoms in total. The Kier molecular flexibility index (Phi) is 5.13. The average Bonchev–Trinajstić information content (AvgIpc) is 2.80. The van der Waals surface area contributed by atoms with Crippen LogP contribution in [0.1, 0.15) is 38.3 Å². The first-order valence-electron chi connectivity index (χ1n) is 7.00. The van der Waals surface area contributed by atoms with Crippen molar-refractivity contribution in [1.29, 1.82) is 0 Å². The Morgan fingerprint density at radius 3 is 3.06 bits per heavy atom. The molecule has 1 aromatic heterocycles. The Hall–Kier alpha value is -0.940. The highest BCUT2D eigenvalue weighted by Crippen LogP contribution is 2.28. The molecule has 1 aliphatic carbocycles. The second kappa shape index (κ2) is 6.85. The van der Waals surface area contributed by atoms with E-state index in [9.17, 15) is 0 Å². The normalized spacial score (nSPS) is 24.3. The van der Waals surface area contributed by atoms with E-state index in [1.807, 2.05) is 6.20 Å². The third kappa shape index (κ3) is 3.78. The molecule has 0 spiro atoms. The molecule has 1 aliphatic rings. The van der Waals surface area contributed by atoms with Crippen LogP contribution < -0.4 is 5.32 Å². The number of aliphatic hydroxyl groups excluding tert-OH is 1. The van der Waals surface area contributed by atoms with Crippen LogP contribution in [-0.4, -0.2) is 33.3 Å². The molecule has 102 valence electrons. The molecule has 2 unspecified atom stereocenters. The van der Waals surface area contributed by atoms with E-state index < -0.39 is 0 Å². The van der Waals surface area contributed by atoms with Gasteiger partial charge in [-0.1, -0.05) is 31.4 Å². The van der Waals surface area contributed by atoms with Crippen LogP contribution in [0.4, 0.5) is 0 Å². The minimum absolute atomic E-state index is 0.107. The second-order valence-electron chi connectivity index (χ2n) is 5.35. The fourth-order valence-electron chi connectivity index (χ4n) is 2.71. The van der Waals surface area contributed by atoms with E-state index in [4.69, 9.17) is 5.11 Å². The topological polar surface area (TPSA) is 63.0 Å². The summed E-state index contributed by atoms with van der Waals surface area (Å²) in [6.07, 6.45) is 7.40. The van der Waals surface area contributed by atoms with Gasteiger partial charge in [-0.3, -0.25) is 0 Å². The number of hydrogen-bond donors (Lipinski definition) is 2. The van der Waals surface area contributed by atoms with Gasteiger partial charge in [0, 0.05) is 12.7 Å². The molecular weight excluding hydrogens is 228 g/mol. The predicted molar refractivity (Wildman–Crippen MR) is 69.9 cm³/mol. The van der Waals surface area contributed by atoms with Crippen molar-refractivity contribution < 1.29 is 5.11 Å². The maximum absolute atomic E-state index is 8.80. The Balaban J connectivity index is 1.70. The highest BCUT2D eigenvalue weighted by atomic mass is 16.3. The molecule has 2 atom stereocenters. The summed E-state index contributed by atoms with van der Waals surface area (Å²) in [6.45, 7) is 4.84. The number of nitrogens with zero attached hydrogens (tertiary/aromatic N) is 3. The molecule has 1 heterocycles. The average molecular weight is 252 g/mol. The van der Waals surface area contributed by atoms with Crippen molar-refractivity contribution in [2.75, 3.05) is 13.2 Å². The maximum Gasteiger partial charge on any atom is 0.0964 e. The lowest BCUT2D eigenvalue weighted by atomic mass is 9.80. The van der Waals surface area contributed by atoms with Crippen LogP contribution in [0.15, 0.2) is 6.20 Å². The Morgan fingerprint density at radius 1 is 1.44 bits per heavy atom.